The first kappa shape index (κ1) is 11.2. The van der Waals surface area contributed by atoms with E-state index in [2.05, 4.69) is 21.5 Å². The third-order valence-electron chi connectivity index (χ3n) is 2.96. The lowest BCUT2D eigenvalue weighted by Crippen LogP contribution is -2.03. The average molecular weight is 258 g/mol. The Morgan fingerprint density at radius 2 is 2.28 bits per heavy atom. The van der Waals surface area contributed by atoms with Gasteiger partial charge in [-0.05, 0) is 18.2 Å². The van der Waals surface area contributed by atoms with Crippen LogP contribution in [0, 0.1) is 0 Å². The lowest BCUT2D eigenvalue weighted by Gasteiger charge is -2.05. The van der Waals surface area contributed by atoms with E-state index in [1.54, 1.807) is 11.3 Å². The lowest BCUT2D eigenvalue weighted by molar-refractivity contribution is 0.760. The Hall–Kier alpha value is -1.88. The van der Waals surface area contributed by atoms with Crippen molar-refractivity contribution in [1.82, 2.24) is 14.5 Å². The molecule has 0 aliphatic carbocycles. The number of imidazole rings is 1. The van der Waals surface area contributed by atoms with E-state index in [0.717, 1.165) is 35.5 Å². The van der Waals surface area contributed by atoms with Crippen LogP contribution in [0.1, 0.15) is 17.6 Å². The van der Waals surface area contributed by atoms with Gasteiger partial charge in [0.2, 0.25) is 0 Å². The molecule has 4 nitrogen and oxygen atoms in total. The van der Waals surface area contributed by atoms with E-state index in [-0.39, 0.29) is 0 Å². The van der Waals surface area contributed by atoms with E-state index in [0.29, 0.717) is 0 Å². The number of fused-ring (bicyclic) bond motifs is 1. The predicted molar refractivity (Wildman–Crippen MR) is 74.7 cm³/mol. The molecule has 0 unspecified atom stereocenters. The third-order valence-corrected chi connectivity index (χ3v) is 3.73. The number of hydrogen-bond donors (Lipinski definition) is 1. The van der Waals surface area contributed by atoms with Gasteiger partial charge in [-0.2, -0.15) is 0 Å². The number of aromatic nitrogens is 3. The number of anilines is 1. The fraction of sp³-hybridized carbons (Fsp3) is 0.231. The van der Waals surface area contributed by atoms with Gasteiger partial charge < -0.3 is 10.3 Å². The van der Waals surface area contributed by atoms with E-state index in [4.69, 9.17) is 5.73 Å². The molecule has 2 N–H and O–H groups in total. The first-order valence-electron chi connectivity index (χ1n) is 5.90. The number of thiazole rings is 1. The number of nitrogens with zero attached hydrogens (tertiary/aromatic N) is 3. The summed E-state index contributed by atoms with van der Waals surface area (Å²) in [6.45, 7) is 2.95. The highest BCUT2D eigenvalue weighted by Crippen LogP contribution is 2.21. The predicted octanol–water partition coefficient (Wildman–Crippen LogP) is 2.69. The van der Waals surface area contributed by atoms with Crippen LogP contribution in [-0.4, -0.2) is 14.5 Å². The minimum absolute atomic E-state index is 0.757. The maximum absolute atomic E-state index is 5.80. The van der Waals surface area contributed by atoms with Gasteiger partial charge in [0.1, 0.15) is 5.82 Å². The van der Waals surface area contributed by atoms with Crippen molar-refractivity contribution < 1.29 is 0 Å². The van der Waals surface area contributed by atoms with Crippen molar-refractivity contribution >= 4 is 28.1 Å². The SMILES string of the molecule is CCc1nc2cc(N)ccc2n1Cc1cncs1. The van der Waals surface area contributed by atoms with Gasteiger partial charge in [-0.3, -0.25) is 4.98 Å². The molecule has 3 aromatic rings. The molecule has 0 aliphatic heterocycles. The molecule has 92 valence electrons. The van der Waals surface area contributed by atoms with E-state index >= 15 is 0 Å². The summed E-state index contributed by atoms with van der Waals surface area (Å²) in [6, 6.07) is 5.89. The second-order valence-corrected chi connectivity index (χ2v) is 5.15. The normalized spacial score (nSPS) is 11.2. The summed E-state index contributed by atoms with van der Waals surface area (Å²) < 4.78 is 2.24. The molecule has 0 saturated heterocycles. The molecule has 0 atom stereocenters. The molecule has 1 aromatic carbocycles. The van der Waals surface area contributed by atoms with Gasteiger partial charge in [0.15, 0.2) is 0 Å². The Morgan fingerprint density at radius 1 is 1.39 bits per heavy atom. The number of nitrogens with two attached hydrogens (primary N) is 1. The first-order chi connectivity index (χ1) is 8.78. The monoisotopic (exact) mass is 258 g/mol. The molecule has 2 aromatic heterocycles. The fourth-order valence-electron chi connectivity index (χ4n) is 2.12. The first-order valence-corrected chi connectivity index (χ1v) is 6.78. The quantitative estimate of drug-likeness (QED) is 0.735. The molecule has 0 amide bonds. The number of hydrogen-bond acceptors (Lipinski definition) is 4. The Kier molecular flexibility index (Phi) is 2.76. The van der Waals surface area contributed by atoms with Crippen LogP contribution in [0.15, 0.2) is 29.9 Å². The zero-order valence-corrected chi connectivity index (χ0v) is 10.9. The highest BCUT2D eigenvalue weighted by Gasteiger charge is 2.10. The Morgan fingerprint density at radius 3 is 3.00 bits per heavy atom. The maximum Gasteiger partial charge on any atom is 0.109 e. The zero-order valence-electron chi connectivity index (χ0n) is 10.1. The highest BCUT2D eigenvalue weighted by molar-refractivity contribution is 7.09. The smallest absolute Gasteiger partial charge is 0.109 e. The third kappa shape index (κ3) is 1.86. The van der Waals surface area contributed by atoms with Crippen molar-refractivity contribution in [1.29, 1.82) is 0 Å². The summed E-state index contributed by atoms with van der Waals surface area (Å²) in [6.07, 6.45) is 2.82. The molecule has 0 aliphatic rings. The van der Waals surface area contributed by atoms with E-state index in [9.17, 15) is 0 Å². The molecular formula is C13H14N4S. The largest absolute Gasteiger partial charge is 0.399 e. The van der Waals surface area contributed by atoms with E-state index in [1.165, 1.54) is 4.88 Å². The van der Waals surface area contributed by atoms with Crippen molar-refractivity contribution in [3.63, 3.8) is 0 Å². The number of benzene rings is 1. The Labute approximate surface area is 109 Å². The van der Waals surface area contributed by atoms with Crippen LogP contribution < -0.4 is 5.73 Å². The van der Waals surface area contributed by atoms with Crippen LogP contribution in [0.5, 0.6) is 0 Å². The number of aryl methyl sites for hydroxylation is 1. The molecule has 0 spiro atoms. The van der Waals surface area contributed by atoms with Gasteiger partial charge in [0.25, 0.3) is 0 Å². The molecule has 0 radical (unpaired) electrons. The standard InChI is InChI=1S/C13H14N4S/c1-2-13-16-11-5-9(14)3-4-12(11)17(13)7-10-6-15-8-18-10/h3-6,8H,2,7,14H2,1H3. The van der Waals surface area contributed by atoms with Crippen molar-refractivity contribution in [2.24, 2.45) is 0 Å². The molecular weight excluding hydrogens is 244 g/mol. The molecule has 0 bridgehead atoms. The van der Waals surface area contributed by atoms with Gasteiger partial charge in [0.05, 0.1) is 23.1 Å². The van der Waals surface area contributed by atoms with E-state index < -0.39 is 0 Å². The van der Waals surface area contributed by atoms with Crippen molar-refractivity contribution in [2.45, 2.75) is 19.9 Å². The Balaban J connectivity index is 2.13. The average Bonchev–Trinajstić information content (AvgIpc) is 2.97. The van der Waals surface area contributed by atoms with Crippen LogP contribution in [-0.2, 0) is 13.0 Å². The van der Waals surface area contributed by atoms with Crippen LogP contribution in [0.4, 0.5) is 5.69 Å². The van der Waals surface area contributed by atoms with Crippen molar-refractivity contribution in [3.05, 3.63) is 40.6 Å². The summed E-state index contributed by atoms with van der Waals surface area (Å²) in [7, 11) is 0. The molecule has 18 heavy (non-hydrogen) atoms. The highest BCUT2D eigenvalue weighted by atomic mass is 32.1. The minimum Gasteiger partial charge on any atom is -0.399 e. The summed E-state index contributed by atoms with van der Waals surface area (Å²) in [5.74, 6) is 1.09. The van der Waals surface area contributed by atoms with Crippen LogP contribution >= 0.6 is 11.3 Å². The van der Waals surface area contributed by atoms with Crippen molar-refractivity contribution in [3.8, 4) is 0 Å². The summed E-state index contributed by atoms with van der Waals surface area (Å²) in [5, 5.41) is 0. The number of rotatable bonds is 3. The zero-order chi connectivity index (χ0) is 12.5. The summed E-state index contributed by atoms with van der Waals surface area (Å²) >= 11 is 1.67. The molecule has 3 rings (SSSR count). The van der Waals surface area contributed by atoms with Gasteiger partial charge in [-0.1, -0.05) is 6.92 Å². The molecule has 0 saturated carbocycles. The van der Waals surface area contributed by atoms with Gasteiger partial charge >= 0.3 is 0 Å². The van der Waals surface area contributed by atoms with Crippen LogP contribution in [0.3, 0.4) is 0 Å². The second kappa shape index (κ2) is 4.42. The van der Waals surface area contributed by atoms with Crippen LogP contribution in [0.25, 0.3) is 11.0 Å². The second-order valence-electron chi connectivity index (χ2n) is 4.18. The maximum atomic E-state index is 5.80. The molecule has 0 fully saturated rings. The van der Waals surface area contributed by atoms with Gasteiger partial charge in [-0.15, -0.1) is 11.3 Å². The van der Waals surface area contributed by atoms with Gasteiger partial charge in [0, 0.05) is 23.2 Å². The van der Waals surface area contributed by atoms with Gasteiger partial charge in [-0.25, -0.2) is 4.98 Å². The summed E-state index contributed by atoms with van der Waals surface area (Å²) in [5.41, 5.74) is 10.5. The molecule has 2 heterocycles. The summed E-state index contributed by atoms with van der Waals surface area (Å²) in [4.78, 5) is 9.99. The number of nitrogen functional groups attached to an aromatic ring is 1. The van der Waals surface area contributed by atoms with Crippen LogP contribution in [0.2, 0.25) is 0 Å². The lowest BCUT2D eigenvalue weighted by atomic mass is 10.3. The van der Waals surface area contributed by atoms with E-state index in [1.807, 2.05) is 29.9 Å². The molecule has 5 heteroatoms. The fourth-order valence-corrected chi connectivity index (χ4v) is 2.70. The Bertz CT molecular complexity index is 670. The minimum atomic E-state index is 0.757. The van der Waals surface area contributed by atoms with Crippen molar-refractivity contribution in [2.75, 3.05) is 5.73 Å². The topological polar surface area (TPSA) is 56.7 Å².